The van der Waals surface area contributed by atoms with Gasteiger partial charge in [0.1, 0.15) is 6.61 Å². The van der Waals surface area contributed by atoms with Crippen LogP contribution in [0.25, 0.3) is 11.4 Å². The van der Waals surface area contributed by atoms with Gasteiger partial charge in [-0.2, -0.15) is 5.21 Å². The van der Waals surface area contributed by atoms with Gasteiger partial charge in [-0.25, -0.2) is 0 Å². The molecule has 22 heavy (non-hydrogen) atoms. The predicted octanol–water partition coefficient (Wildman–Crippen LogP) is 3.06. The minimum Gasteiger partial charge on any atom is -0.493 e. The zero-order valence-electron chi connectivity index (χ0n) is 11.8. The molecule has 7 heteroatoms. The fraction of sp³-hybridized carbons (Fsp3) is 0.133. The Bertz CT molecular complexity index is 748. The molecule has 0 aliphatic heterocycles. The van der Waals surface area contributed by atoms with Gasteiger partial charge >= 0.3 is 0 Å². The summed E-state index contributed by atoms with van der Waals surface area (Å²) >= 11 is 2.21. The molecule has 0 saturated heterocycles. The molecule has 0 saturated carbocycles. The van der Waals surface area contributed by atoms with E-state index >= 15 is 0 Å². The third kappa shape index (κ3) is 3.19. The van der Waals surface area contributed by atoms with Crippen LogP contribution >= 0.6 is 22.6 Å². The first-order valence-electron chi connectivity index (χ1n) is 6.56. The maximum absolute atomic E-state index is 5.92. The third-order valence-corrected chi connectivity index (χ3v) is 3.86. The van der Waals surface area contributed by atoms with Crippen LogP contribution < -0.4 is 9.47 Å². The van der Waals surface area contributed by atoms with E-state index < -0.39 is 0 Å². The van der Waals surface area contributed by atoms with E-state index in [0.29, 0.717) is 23.9 Å². The van der Waals surface area contributed by atoms with E-state index in [-0.39, 0.29) is 0 Å². The lowest BCUT2D eigenvalue weighted by atomic mass is 10.2. The van der Waals surface area contributed by atoms with E-state index in [9.17, 15) is 0 Å². The highest BCUT2D eigenvalue weighted by atomic mass is 127. The van der Waals surface area contributed by atoms with Crippen molar-refractivity contribution >= 4 is 22.6 Å². The monoisotopic (exact) mass is 408 g/mol. The number of halogens is 1. The second-order valence-corrected chi connectivity index (χ2v) is 5.66. The van der Waals surface area contributed by atoms with Gasteiger partial charge in [-0.3, -0.25) is 0 Å². The second-order valence-electron chi connectivity index (χ2n) is 4.50. The number of aromatic amines is 1. The highest BCUT2D eigenvalue weighted by Gasteiger charge is 2.14. The number of hydrogen-bond donors (Lipinski definition) is 1. The van der Waals surface area contributed by atoms with Gasteiger partial charge in [-0.05, 0) is 45.5 Å². The van der Waals surface area contributed by atoms with Gasteiger partial charge in [0, 0.05) is 5.56 Å². The first kappa shape index (κ1) is 14.8. The molecule has 6 nitrogen and oxygen atoms in total. The van der Waals surface area contributed by atoms with Gasteiger partial charge in [-0.1, -0.05) is 30.3 Å². The van der Waals surface area contributed by atoms with Crippen LogP contribution in [0.2, 0.25) is 0 Å². The molecular formula is C15H13IN4O2. The SMILES string of the molecule is COc1cc(-c2nn[nH]n2)cc(I)c1OCc1ccccc1. The summed E-state index contributed by atoms with van der Waals surface area (Å²) in [6, 6.07) is 13.8. The van der Waals surface area contributed by atoms with Crippen molar-refractivity contribution in [3.63, 3.8) is 0 Å². The van der Waals surface area contributed by atoms with Crippen LogP contribution in [0.1, 0.15) is 5.56 Å². The summed E-state index contributed by atoms with van der Waals surface area (Å²) in [5.41, 5.74) is 1.92. The van der Waals surface area contributed by atoms with Crippen LogP contribution in [0.15, 0.2) is 42.5 Å². The molecule has 2 aromatic carbocycles. The Morgan fingerprint density at radius 3 is 2.68 bits per heavy atom. The van der Waals surface area contributed by atoms with Crippen molar-refractivity contribution in [2.45, 2.75) is 6.61 Å². The maximum atomic E-state index is 5.92. The summed E-state index contributed by atoms with van der Waals surface area (Å²) < 4.78 is 12.3. The second kappa shape index (κ2) is 6.73. The summed E-state index contributed by atoms with van der Waals surface area (Å²) in [6.45, 7) is 0.481. The summed E-state index contributed by atoms with van der Waals surface area (Å²) in [5, 5.41) is 14.0. The minimum atomic E-state index is 0.481. The molecule has 0 aliphatic rings. The molecule has 112 valence electrons. The van der Waals surface area contributed by atoms with Crippen molar-refractivity contribution in [2.24, 2.45) is 0 Å². The molecule has 0 fully saturated rings. The number of ether oxygens (including phenoxy) is 2. The van der Waals surface area contributed by atoms with Crippen molar-refractivity contribution in [1.29, 1.82) is 0 Å². The van der Waals surface area contributed by atoms with Gasteiger partial charge in [0.25, 0.3) is 0 Å². The Labute approximate surface area is 141 Å². The summed E-state index contributed by atoms with van der Waals surface area (Å²) in [6.07, 6.45) is 0. The molecule has 0 bridgehead atoms. The lowest BCUT2D eigenvalue weighted by Crippen LogP contribution is -2.00. The molecule has 0 atom stereocenters. The largest absolute Gasteiger partial charge is 0.493 e. The standard InChI is InChI=1S/C15H13IN4O2/c1-21-13-8-11(15-17-19-20-18-15)7-12(16)14(13)22-9-10-5-3-2-4-6-10/h2-8H,9H2,1H3,(H,17,18,19,20). The van der Waals surface area contributed by atoms with Crippen molar-refractivity contribution in [3.05, 3.63) is 51.6 Å². The van der Waals surface area contributed by atoms with Crippen LogP contribution in [0.5, 0.6) is 11.5 Å². The Balaban J connectivity index is 1.87. The fourth-order valence-electron chi connectivity index (χ4n) is 2.00. The van der Waals surface area contributed by atoms with Crippen molar-refractivity contribution < 1.29 is 9.47 Å². The highest BCUT2D eigenvalue weighted by molar-refractivity contribution is 14.1. The predicted molar refractivity (Wildman–Crippen MR) is 89.7 cm³/mol. The van der Waals surface area contributed by atoms with Gasteiger partial charge in [0.15, 0.2) is 11.5 Å². The number of hydrogen-bond acceptors (Lipinski definition) is 5. The average molecular weight is 408 g/mol. The summed E-state index contributed by atoms with van der Waals surface area (Å²) in [4.78, 5) is 0. The summed E-state index contributed by atoms with van der Waals surface area (Å²) in [5.74, 6) is 1.87. The fourth-order valence-corrected chi connectivity index (χ4v) is 2.76. The van der Waals surface area contributed by atoms with Crippen molar-refractivity contribution in [3.8, 4) is 22.9 Å². The van der Waals surface area contributed by atoms with Crippen LogP contribution in [0.4, 0.5) is 0 Å². The van der Waals surface area contributed by atoms with E-state index in [4.69, 9.17) is 9.47 Å². The number of tetrazole rings is 1. The molecule has 0 radical (unpaired) electrons. The third-order valence-electron chi connectivity index (χ3n) is 3.06. The lowest BCUT2D eigenvalue weighted by molar-refractivity contribution is 0.282. The van der Waals surface area contributed by atoms with E-state index in [2.05, 4.69) is 43.2 Å². The van der Waals surface area contributed by atoms with Gasteiger partial charge < -0.3 is 9.47 Å². The highest BCUT2D eigenvalue weighted by Crippen LogP contribution is 2.36. The zero-order chi connectivity index (χ0) is 15.4. The number of nitrogens with zero attached hydrogens (tertiary/aromatic N) is 3. The number of methoxy groups -OCH3 is 1. The number of benzene rings is 2. The van der Waals surface area contributed by atoms with E-state index in [1.54, 1.807) is 7.11 Å². The Morgan fingerprint density at radius 2 is 2.00 bits per heavy atom. The average Bonchev–Trinajstić information content (AvgIpc) is 3.08. The smallest absolute Gasteiger partial charge is 0.204 e. The Morgan fingerprint density at radius 1 is 1.18 bits per heavy atom. The topological polar surface area (TPSA) is 72.9 Å². The molecule has 0 amide bonds. The number of nitrogens with one attached hydrogen (secondary N) is 1. The Kier molecular flexibility index (Phi) is 4.52. The van der Waals surface area contributed by atoms with E-state index in [1.807, 2.05) is 42.5 Å². The van der Waals surface area contributed by atoms with Gasteiger partial charge in [-0.15, -0.1) is 10.2 Å². The molecule has 0 unspecified atom stereocenters. The van der Waals surface area contributed by atoms with Crippen LogP contribution in [0.3, 0.4) is 0 Å². The van der Waals surface area contributed by atoms with E-state index in [0.717, 1.165) is 14.7 Å². The zero-order valence-corrected chi connectivity index (χ0v) is 13.9. The number of aromatic nitrogens is 4. The molecule has 1 N–H and O–H groups in total. The molecule has 1 heterocycles. The number of H-pyrrole nitrogens is 1. The lowest BCUT2D eigenvalue weighted by Gasteiger charge is -2.13. The summed E-state index contributed by atoms with van der Waals surface area (Å²) in [7, 11) is 1.61. The molecule has 3 aromatic rings. The number of rotatable bonds is 5. The molecule has 1 aromatic heterocycles. The first-order chi connectivity index (χ1) is 10.8. The minimum absolute atomic E-state index is 0.481. The Hall–Kier alpha value is -2.16. The molecule has 0 aliphatic carbocycles. The van der Waals surface area contributed by atoms with Crippen LogP contribution in [-0.2, 0) is 6.61 Å². The molecular weight excluding hydrogens is 395 g/mol. The van der Waals surface area contributed by atoms with Crippen molar-refractivity contribution in [2.75, 3.05) is 7.11 Å². The molecule has 0 spiro atoms. The van der Waals surface area contributed by atoms with Crippen LogP contribution in [-0.4, -0.2) is 27.7 Å². The van der Waals surface area contributed by atoms with Crippen molar-refractivity contribution in [1.82, 2.24) is 20.6 Å². The first-order valence-corrected chi connectivity index (χ1v) is 7.64. The molecule has 3 rings (SSSR count). The van der Waals surface area contributed by atoms with Gasteiger partial charge in [0.05, 0.1) is 10.7 Å². The van der Waals surface area contributed by atoms with E-state index in [1.165, 1.54) is 0 Å². The maximum Gasteiger partial charge on any atom is 0.204 e. The van der Waals surface area contributed by atoms with Crippen LogP contribution in [0, 0.1) is 3.57 Å². The normalized spacial score (nSPS) is 10.5. The van der Waals surface area contributed by atoms with Gasteiger partial charge in [0.2, 0.25) is 5.82 Å². The quantitative estimate of drug-likeness (QED) is 0.658.